The van der Waals surface area contributed by atoms with Crippen LogP contribution in [0.4, 0.5) is 0 Å². The molecule has 0 atom stereocenters. The van der Waals surface area contributed by atoms with Crippen LogP contribution in [-0.4, -0.2) is 30.7 Å². The van der Waals surface area contributed by atoms with Crippen LogP contribution in [0.2, 0.25) is 0 Å². The van der Waals surface area contributed by atoms with Gasteiger partial charge in [0, 0.05) is 16.1 Å². The number of carbonyl (C=O) groups excluding carboxylic acids is 3. The zero-order chi connectivity index (χ0) is 26.7. The summed E-state index contributed by atoms with van der Waals surface area (Å²) in [6, 6.07) is 28.4. The van der Waals surface area contributed by atoms with Crippen molar-refractivity contribution in [1.82, 2.24) is 5.43 Å². The Bertz CT molecular complexity index is 1440. The maximum absolute atomic E-state index is 12.7. The summed E-state index contributed by atoms with van der Waals surface area (Å²) >= 11 is 3.33. The van der Waals surface area contributed by atoms with Crippen molar-refractivity contribution >= 4 is 40.0 Å². The molecule has 0 aliphatic carbocycles. The molecule has 1 amide bonds. The van der Waals surface area contributed by atoms with Gasteiger partial charge in [0.2, 0.25) is 0 Å². The van der Waals surface area contributed by atoms with Crippen LogP contribution in [0.5, 0.6) is 17.2 Å². The quantitative estimate of drug-likeness (QED) is 0.124. The van der Waals surface area contributed by atoms with Crippen molar-refractivity contribution in [2.75, 3.05) is 6.61 Å². The topological polar surface area (TPSA) is 103 Å². The first-order valence-electron chi connectivity index (χ1n) is 11.4. The lowest BCUT2D eigenvalue weighted by molar-refractivity contribution is -0.123. The average molecular weight is 573 g/mol. The summed E-state index contributed by atoms with van der Waals surface area (Å²) in [6.45, 7) is -0.247. The third kappa shape index (κ3) is 7.62. The van der Waals surface area contributed by atoms with Gasteiger partial charge >= 0.3 is 11.9 Å². The highest BCUT2D eigenvalue weighted by Crippen LogP contribution is 2.26. The molecule has 1 N–H and O–H groups in total. The average Bonchev–Trinajstić information content (AvgIpc) is 2.94. The number of rotatable bonds is 9. The Morgan fingerprint density at radius 2 is 1.32 bits per heavy atom. The van der Waals surface area contributed by atoms with Crippen LogP contribution in [0, 0.1) is 0 Å². The van der Waals surface area contributed by atoms with E-state index in [9.17, 15) is 14.4 Å². The molecule has 4 rings (SSSR count). The fourth-order valence-electron chi connectivity index (χ4n) is 3.13. The summed E-state index contributed by atoms with van der Waals surface area (Å²) in [6.07, 6.45) is 1.31. The Morgan fingerprint density at radius 1 is 0.737 bits per heavy atom. The molecular weight excluding hydrogens is 552 g/mol. The van der Waals surface area contributed by atoms with Crippen molar-refractivity contribution in [3.8, 4) is 17.2 Å². The minimum absolute atomic E-state index is 0.0846. The third-order valence-corrected chi connectivity index (χ3v) is 5.52. The van der Waals surface area contributed by atoms with Gasteiger partial charge in [-0.3, -0.25) is 4.79 Å². The fraction of sp³-hybridized carbons (Fsp3) is 0.0345. The van der Waals surface area contributed by atoms with E-state index in [4.69, 9.17) is 14.2 Å². The highest BCUT2D eigenvalue weighted by Gasteiger charge is 2.15. The molecule has 0 saturated carbocycles. The van der Waals surface area contributed by atoms with Gasteiger partial charge in [-0.15, -0.1) is 0 Å². The van der Waals surface area contributed by atoms with Gasteiger partial charge < -0.3 is 14.2 Å². The molecule has 0 bridgehead atoms. The molecule has 190 valence electrons. The Kier molecular flexibility index (Phi) is 8.98. The molecule has 4 aromatic carbocycles. The molecule has 0 aromatic heterocycles. The molecular formula is C29H21BrN2O6. The number of nitrogens with zero attached hydrogens (tertiary/aromatic N) is 1. The third-order valence-electron chi connectivity index (χ3n) is 4.99. The summed E-state index contributed by atoms with van der Waals surface area (Å²) < 4.78 is 17.3. The van der Waals surface area contributed by atoms with Gasteiger partial charge in [-0.05, 0) is 60.7 Å². The van der Waals surface area contributed by atoms with Crippen LogP contribution < -0.4 is 19.6 Å². The number of ether oxygens (including phenoxy) is 3. The molecule has 8 nitrogen and oxygen atoms in total. The molecule has 0 spiro atoms. The molecule has 0 saturated heterocycles. The van der Waals surface area contributed by atoms with Crippen LogP contribution in [-0.2, 0) is 4.79 Å². The van der Waals surface area contributed by atoms with E-state index in [0.29, 0.717) is 22.4 Å². The lowest BCUT2D eigenvalue weighted by atomic mass is 10.2. The van der Waals surface area contributed by atoms with Crippen LogP contribution in [0.3, 0.4) is 0 Å². The second kappa shape index (κ2) is 13.0. The van der Waals surface area contributed by atoms with Crippen LogP contribution in [0.15, 0.2) is 113 Å². The first-order chi connectivity index (χ1) is 18.5. The second-order valence-electron chi connectivity index (χ2n) is 7.75. The molecule has 9 heteroatoms. The lowest BCUT2D eigenvalue weighted by Crippen LogP contribution is -2.24. The molecule has 0 aliphatic heterocycles. The van der Waals surface area contributed by atoms with Crippen molar-refractivity contribution < 1.29 is 28.6 Å². The zero-order valence-electron chi connectivity index (χ0n) is 19.9. The van der Waals surface area contributed by atoms with E-state index < -0.39 is 17.8 Å². The summed E-state index contributed by atoms with van der Waals surface area (Å²) in [5.41, 5.74) is 3.43. The van der Waals surface area contributed by atoms with E-state index >= 15 is 0 Å². The molecule has 0 heterocycles. The fourth-order valence-corrected chi connectivity index (χ4v) is 3.40. The predicted octanol–water partition coefficient (Wildman–Crippen LogP) is 5.42. The Balaban J connectivity index is 1.46. The number of hydrazone groups is 1. The Labute approximate surface area is 227 Å². The van der Waals surface area contributed by atoms with Crippen molar-refractivity contribution in [3.63, 3.8) is 0 Å². The van der Waals surface area contributed by atoms with Gasteiger partial charge in [0.25, 0.3) is 5.91 Å². The number of carbonyl (C=O) groups is 3. The van der Waals surface area contributed by atoms with E-state index in [0.717, 1.165) is 4.47 Å². The maximum atomic E-state index is 12.7. The van der Waals surface area contributed by atoms with Gasteiger partial charge in [-0.1, -0.05) is 52.3 Å². The van der Waals surface area contributed by atoms with E-state index in [-0.39, 0.29) is 18.1 Å². The zero-order valence-corrected chi connectivity index (χ0v) is 21.5. The van der Waals surface area contributed by atoms with E-state index in [1.165, 1.54) is 18.3 Å². The van der Waals surface area contributed by atoms with Gasteiger partial charge in [-0.2, -0.15) is 5.10 Å². The van der Waals surface area contributed by atoms with Crippen LogP contribution in [0.1, 0.15) is 26.3 Å². The molecule has 0 radical (unpaired) electrons. The summed E-state index contributed by atoms with van der Waals surface area (Å²) in [4.78, 5) is 37.3. The van der Waals surface area contributed by atoms with E-state index in [1.807, 2.05) is 0 Å². The smallest absolute Gasteiger partial charge is 0.343 e. The number of hydrogen-bond acceptors (Lipinski definition) is 7. The monoisotopic (exact) mass is 572 g/mol. The van der Waals surface area contributed by atoms with E-state index in [2.05, 4.69) is 26.5 Å². The number of amides is 1. The number of esters is 2. The van der Waals surface area contributed by atoms with E-state index in [1.54, 1.807) is 91.0 Å². The van der Waals surface area contributed by atoms with Crippen LogP contribution in [0.25, 0.3) is 0 Å². The van der Waals surface area contributed by atoms with Crippen molar-refractivity contribution in [2.24, 2.45) is 5.10 Å². The first kappa shape index (κ1) is 26.3. The van der Waals surface area contributed by atoms with Crippen molar-refractivity contribution in [3.05, 3.63) is 124 Å². The second-order valence-corrected chi connectivity index (χ2v) is 8.66. The maximum Gasteiger partial charge on any atom is 0.343 e. The number of nitrogens with one attached hydrogen (secondary N) is 1. The largest absolute Gasteiger partial charge is 0.484 e. The summed E-state index contributed by atoms with van der Waals surface area (Å²) in [7, 11) is 0. The highest BCUT2D eigenvalue weighted by molar-refractivity contribution is 9.10. The number of halogens is 1. The van der Waals surface area contributed by atoms with Gasteiger partial charge in [0.15, 0.2) is 6.61 Å². The van der Waals surface area contributed by atoms with Gasteiger partial charge in [0.05, 0.1) is 17.3 Å². The van der Waals surface area contributed by atoms with Gasteiger partial charge in [-0.25, -0.2) is 15.0 Å². The normalized spacial score (nSPS) is 10.6. The molecule has 38 heavy (non-hydrogen) atoms. The molecule has 0 unspecified atom stereocenters. The molecule has 0 fully saturated rings. The summed E-state index contributed by atoms with van der Waals surface area (Å²) in [5, 5.41) is 3.94. The van der Waals surface area contributed by atoms with Gasteiger partial charge in [0.1, 0.15) is 17.2 Å². The molecule has 4 aromatic rings. The molecule has 0 aliphatic rings. The number of benzene rings is 4. The Hall–Kier alpha value is -4.76. The highest BCUT2D eigenvalue weighted by atomic mass is 79.9. The minimum atomic E-state index is -0.612. The standard InChI is InChI=1S/C29H21BrN2O6/c30-23-12-15-24(16-13-23)36-19-27(33)32-31-18-22-11-14-25(37-28(34)20-7-3-1-4-8-20)17-26(22)38-29(35)21-9-5-2-6-10-21/h1-18H,19H2,(H,32,33)/b31-18+. The summed E-state index contributed by atoms with van der Waals surface area (Å²) in [5.74, 6) is -0.882. The Morgan fingerprint density at radius 3 is 1.95 bits per heavy atom. The van der Waals surface area contributed by atoms with Crippen LogP contribution >= 0.6 is 15.9 Å². The number of hydrogen-bond donors (Lipinski definition) is 1. The first-order valence-corrected chi connectivity index (χ1v) is 12.2. The van der Waals surface area contributed by atoms with Crippen molar-refractivity contribution in [1.29, 1.82) is 0 Å². The van der Waals surface area contributed by atoms with Crippen molar-refractivity contribution in [2.45, 2.75) is 0 Å². The lowest BCUT2D eigenvalue weighted by Gasteiger charge is -2.10. The minimum Gasteiger partial charge on any atom is -0.484 e. The predicted molar refractivity (Wildman–Crippen MR) is 145 cm³/mol. The SMILES string of the molecule is O=C(COc1ccc(Br)cc1)N/N=C/c1ccc(OC(=O)c2ccccc2)cc1OC(=O)c1ccccc1.